The van der Waals surface area contributed by atoms with Gasteiger partial charge in [0.1, 0.15) is 5.75 Å². The number of carbonyl (C=O) groups is 1. The van der Waals surface area contributed by atoms with Crippen LogP contribution in [0.1, 0.15) is 31.0 Å². The second-order valence-electron chi connectivity index (χ2n) is 8.65. The largest absolute Gasteiger partial charge is 0.496 e. The molecule has 200 valence electrons. The molecule has 5 rings (SSSR count). The Morgan fingerprint density at radius 2 is 1.74 bits per heavy atom. The van der Waals surface area contributed by atoms with Gasteiger partial charge in [-0.3, -0.25) is 9.36 Å². The van der Waals surface area contributed by atoms with E-state index < -0.39 is 12.0 Å². The van der Waals surface area contributed by atoms with Gasteiger partial charge in [0.2, 0.25) is 0 Å². The summed E-state index contributed by atoms with van der Waals surface area (Å²) >= 11 is 1.25. The first kappa shape index (κ1) is 26.2. The molecule has 2 heterocycles. The molecule has 0 amide bonds. The number of hydrogen-bond acceptors (Lipinski definition) is 8. The number of thiazole rings is 1. The molecule has 0 saturated heterocycles. The van der Waals surface area contributed by atoms with Gasteiger partial charge in [0.05, 0.1) is 43.6 Å². The fourth-order valence-electron chi connectivity index (χ4n) is 4.72. The average molecular weight is 545 g/mol. The number of hydrogen-bond donors (Lipinski definition) is 0. The highest BCUT2D eigenvalue weighted by Crippen LogP contribution is 2.35. The summed E-state index contributed by atoms with van der Waals surface area (Å²) in [6.45, 7) is 4.68. The number of esters is 1. The lowest BCUT2D eigenvalue weighted by atomic mass is 9.97. The van der Waals surface area contributed by atoms with Crippen molar-refractivity contribution in [3.63, 3.8) is 0 Å². The third-order valence-corrected chi connectivity index (χ3v) is 7.43. The van der Waals surface area contributed by atoms with Gasteiger partial charge in [-0.15, -0.1) is 0 Å². The molecule has 3 aromatic carbocycles. The molecule has 1 aliphatic heterocycles. The van der Waals surface area contributed by atoms with Gasteiger partial charge in [-0.05, 0) is 54.5 Å². The van der Waals surface area contributed by atoms with Crippen LogP contribution in [-0.2, 0) is 9.53 Å². The fraction of sp³-hybridized carbons (Fsp3) is 0.233. The summed E-state index contributed by atoms with van der Waals surface area (Å²) in [7, 11) is 2.91. The lowest BCUT2D eigenvalue weighted by Gasteiger charge is -2.23. The van der Waals surface area contributed by atoms with Crippen LogP contribution in [0.15, 0.2) is 76.2 Å². The molecule has 1 atom stereocenters. The number of aromatic nitrogens is 1. The maximum Gasteiger partial charge on any atom is 0.337 e. The number of rotatable bonds is 8. The molecule has 0 N–H and O–H groups in total. The number of benzene rings is 3. The minimum atomic E-state index is -0.764. The third-order valence-electron chi connectivity index (χ3n) is 6.43. The van der Waals surface area contributed by atoms with Crippen molar-refractivity contribution < 1.29 is 23.7 Å². The van der Waals surface area contributed by atoms with Crippen molar-refractivity contribution in [3.05, 3.63) is 97.2 Å². The maximum absolute atomic E-state index is 14.0. The van der Waals surface area contributed by atoms with E-state index >= 15 is 0 Å². The number of carbonyl (C=O) groups excluding carboxylic acids is 1. The van der Waals surface area contributed by atoms with Crippen molar-refractivity contribution in [3.8, 4) is 17.2 Å². The van der Waals surface area contributed by atoms with E-state index in [1.807, 2.05) is 62.4 Å². The summed E-state index contributed by atoms with van der Waals surface area (Å²) in [5.74, 6) is 1.20. The molecule has 0 bridgehead atoms. The first-order valence-corrected chi connectivity index (χ1v) is 13.4. The van der Waals surface area contributed by atoms with E-state index in [4.69, 9.17) is 18.9 Å². The second-order valence-corrected chi connectivity index (χ2v) is 9.66. The Hall–Kier alpha value is -4.37. The summed E-state index contributed by atoms with van der Waals surface area (Å²) in [5, 5.41) is 1.99. The van der Waals surface area contributed by atoms with E-state index in [-0.39, 0.29) is 11.1 Å². The van der Waals surface area contributed by atoms with Crippen molar-refractivity contribution >= 4 is 34.2 Å². The lowest BCUT2D eigenvalue weighted by molar-refractivity contribution is -0.136. The fourth-order valence-corrected chi connectivity index (χ4v) is 5.67. The Bertz CT molecular complexity index is 1770. The third kappa shape index (κ3) is 4.81. The van der Waals surface area contributed by atoms with Gasteiger partial charge < -0.3 is 18.9 Å². The monoisotopic (exact) mass is 544 g/mol. The van der Waals surface area contributed by atoms with Crippen LogP contribution in [0, 0.1) is 0 Å². The predicted molar refractivity (Wildman–Crippen MR) is 150 cm³/mol. The zero-order valence-electron chi connectivity index (χ0n) is 22.1. The molecule has 39 heavy (non-hydrogen) atoms. The predicted octanol–water partition coefficient (Wildman–Crippen LogP) is 3.98. The Balaban J connectivity index is 1.73. The van der Waals surface area contributed by atoms with Gasteiger partial charge in [-0.2, -0.15) is 0 Å². The van der Waals surface area contributed by atoms with Crippen LogP contribution in [0.5, 0.6) is 17.2 Å². The van der Waals surface area contributed by atoms with Crippen LogP contribution in [0.25, 0.3) is 16.8 Å². The molecule has 9 heteroatoms. The molecule has 1 aromatic heterocycles. The summed E-state index contributed by atoms with van der Waals surface area (Å²) in [6.07, 6.45) is 3.30. The van der Waals surface area contributed by atoms with Gasteiger partial charge in [0.15, 0.2) is 16.3 Å². The van der Waals surface area contributed by atoms with Crippen molar-refractivity contribution in [1.29, 1.82) is 0 Å². The number of nitrogens with zero attached hydrogens (tertiary/aromatic N) is 2. The molecule has 0 spiro atoms. The zero-order chi connectivity index (χ0) is 27.5. The summed E-state index contributed by atoms with van der Waals surface area (Å²) in [5.41, 5.74) is 1.43. The van der Waals surface area contributed by atoms with Gasteiger partial charge in [-0.25, -0.2) is 9.79 Å². The Labute approximate surface area is 229 Å². The number of methoxy groups -OCH3 is 2. The molecular formula is C30H28N2O6S. The van der Waals surface area contributed by atoms with Crippen LogP contribution < -0.4 is 29.1 Å². The molecule has 8 nitrogen and oxygen atoms in total. The van der Waals surface area contributed by atoms with Gasteiger partial charge in [0.25, 0.3) is 5.56 Å². The van der Waals surface area contributed by atoms with Gasteiger partial charge in [0, 0.05) is 11.8 Å². The molecule has 0 fully saturated rings. The molecule has 0 saturated carbocycles. The average Bonchev–Trinajstić information content (AvgIpc) is 3.28. The van der Waals surface area contributed by atoms with Crippen LogP contribution in [0.3, 0.4) is 0 Å². The summed E-state index contributed by atoms with van der Waals surface area (Å²) in [4.78, 5) is 31.7. The highest BCUT2D eigenvalue weighted by molar-refractivity contribution is 7.07. The van der Waals surface area contributed by atoms with Crippen LogP contribution >= 0.6 is 11.3 Å². The van der Waals surface area contributed by atoms with Crippen LogP contribution in [-0.4, -0.2) is 38.0 Å². The van der Waals surface area contributed by atoms with E-state index in [1.54, 1.807) is 19.2 Å². The SMILES string of the molecule is CCOc1ccc([C@@H]2C(C(=O)OC)=CN=c3s/c(=C/c4c(OC)ccc5ccccc45)c(=O)n32)cc1OCC. The quantitative estimate of drug-likeness (QED) is 0.312. The molecule has 4 aromatic rings. The van der Waals surface area contributed by atoms with Crippen molar-refractivity contribution in [2.75, 3.05) is 27.4 Å². The second kappa shape index (κ2) is 11.2. The topological polar surface area (TPSA) is 88.4 Å². The van der Waals surface area contributed by atoms with Crippen molar-refractivity contribution in [2.45, 2.75) is 19.9 Å². The zero-order valence-corrected chi connectivity index (χ0v) is 22.9. The Morgan fingerprint density at radius 1 is 1.00 bits per heavy atom. The van der Waals surface area contributed by atoms with E-state index in [9.17, 15) is 9.59 Å². The minimum absolute atomic E-state index is 0.241. The van der Waals surface area contributed by atoms with Crippen LogP contribution in [0.2, 0.25) is 0 Å². The van der Waals surface area contributed by atoms with E-state index in [0.717, 1.165) is 16.3 Å². The first-order chi connectivity index (χ1) is 19.0. The number of fused-ring (bicyclic) bond motifs is 2. The molecule has 0 aliphatic carbocycles. The molecule has 1 aliphatic rings. The maximum atomic E-state index is 14.0. The smallest absolute Gasteiger partial charge is 0.337 e. The molecular weight excluding hydrogens is 516 g/mol. The Kier molecular flexibility index (Phi) is 7.51. The number of ether oxygens (including phenoxy) is 4. The molecule has 0 radical (unpaired) electrons. The van der Waals surface area contributed by atoms with E-state index in [0.29, 0.717) is 45.4 Å². The van der Waals surface area contributed by atoms with E-state index in [1.165, 1.54) is 29.2 Å². The van der Waals surface area contributed by atoms with Crippen LogP contribution in [0.4, 0.5) is 0 Å². The van der Waals surface area contributed by atoms with Gasteiger partial charge in [-0.1, -0.05) is 47.7 Å². The normalized spacial score (nSPS) is 14.8. The summed E-state index contributed by atoms with van der Waals surface area (Å²) < 4.78 is 24.2. The van der Waals surface area contributed by atoms with Crippen molar-refractivity contribution in [1.82, 2.24) is 4.57 Å². The standard InChI is InChI=1S/C30H28N2O6S/c1-5-37-24-14-12-19(15-25(24)38-6-2)27-22(29(34)36-4)17-31-30-32(27)28(33)26(39-30)16-21-20-10-8-7-9-18(20)11-13-23(21)35-3/h7-17,27H,5-6H2,1-4H3/b26-16+/t27-/m1/s1. The first-order valence-electron chi connectivity index (χ1n) is 12.5. The van der Waals surface area contributed by atoms with Gasteiger partial charge >= 0.3 is 5.97 Å². The lowest BCUT2D eigenvalue weighted by Crippen LogP contribution is -2.39. The van der Waals surface area contributed by atoms with Crippen molar-refractivity contribution in [2.24, 2.45) is 4.99 Å². The highest BCUT2D eigenvalue weighted by Gasteiger charge is 2.31. The Morgan fingerprint density at radius 3 is 2.49 bits per heavy atom. The minimum Gasteiger partial charge on any atom is -0.496 e. The highest BCUT2D eigenvalue weighted by atomic mass is 32.1. The van der Waals surface area contributed by atoms with E-state index in [2.05, 4.69) is 4.99 Å². The molecule has 0 unspecified atom stereocenters. The summed E-state index contributed by atoms with van der Waals surface area (Å²) in [6, 6.07) is 16.4.